The monoisotopic (exact) mass is 625 g/mol. The summed E-state index contributed by atoms with van der Waals surface area (Å²) in [6.07, 6.45) is 0.944. The lowest BCUT2D eigenvalue weighted by Crippen LogP contribution is -2.56. The molecule has 0 saturated heterocycles. The summed E-state index contributed by atoms with van der Waals surface area (Å²) in [5.41, 5.74) is 0.318. The van der Waals surface area contributed by atoms with Gasteiger partial charge >= 0.3 is 0 Å². The van der Waals surface area contributed by atoms with E-state index in [1.54, 1.807) is 57.2 Å². The number of hydrogen-bond acceptors (Lipinski definition) is 4. The molecule has 0 aliphatic carbocycles. The van der Waals surface area contributed by atoms with Crippen LogP contribution in [0.1, 0.15) is 31.9 Å². The van der Waals surface area contributed by atoms with Crippen LogP contribution in [0.4, 0.5) is 14.5 Å². The van der Waals surface area contributed by atoms with Gasteiger partial charge in [0, 0.05) is 34.6 Å². The molecule has 7 nitrogen and oxygen atoms in total. The molecule has 220 valence electrons. The summed E-state index contributed by atoms with van der Waals surface area (Å²) in [5.74, 6) is -3.69. The van der Waals surface area contributed by atoms with Crippen LogP contribution in [0.25, 0.3) is 0 Å². The molecule has 0 fully saturated rings. The first-order valence-electron chi connectivity index (χ1n) is 12.6. The third kappa shape index (κ3) is 9.14. The van der Waals surface area contributed by atoms with Gasteiger partial charge in [0.05, 0.1) is 11.9 Å². The molecule has 2 amide bonds. The number of carbonyl (C=O) groups excluding carboxylic acids is 2. The number of hydrogen-bond donors (Lipinski definition) is 1. The Hall–Kier alpha value is -3.21. The largest absolute Gasteiger partial charge is 0.350 e. The van der Waals surface area contributed by atoms with Gasteiger partial charge in [0.15, 0.2) is 11.6 Å². The van der Waals surface area contributed by atoms with Crippen LogP contribution in [0.5, 0.6) is 0 Å². The SMILES string of the molecule is CC(C)(C)NC(=O)[C@H](Cc1ccccc1)N(Cc1ccc(Cl)cc1Cl)C(=O)CN(c1ccc(F)c(F)c1)S(C)(=O)=O. The van der Waals surface area contributed by atoms with E-state index in [4.69, 9.17) is 23.2 Å². The number of anilines is 1. The summed E-state index contributed by atoms with van der Waals surface area (Å²) < 4.78 is 53.8. The number of rotatable bonds is 10. The maximum atomic E-state index is 14.1. The van der Waals surface area contributed by atoms with Crippen molar-refractivity contribution < 1.29 is 26.8 Å². The zero-order valence-electron chi connectivity index (χ0n) is 23.0. The van der Waals surface area contributed by atoms with Crippen molar-refractivity contribution in [3.05, 3.63) is 99.5 Å². The topological polar surface area (TPSA) is 86.8 Å². The van der Waals surface area contributed by atoms with E-state index in [9.17, 15) is 26.8 Å². The molecule has 3 aromatic carbocycles. The van der Waals surface area contributed by atoms with Crippen molar-refractivity contribution in [2.45, 2.75) is 45.3 Å². The minimum absolute atomic E-state index is 0.101. The molecule has 0 radical (unpaired) electrons. The lowest BCUT2D eigenvalue weighted by atomic mass is 10.0. The fourth-order valence-corrected chi connectivity index (χ4v) is 5.40. The number of nitrogens with zero attached hydrogens (tertiary/aromatic N) is 2. The molecule has 1 N–H and O–H groups in total. The molecule has 12 heteroatoms. The van der Waals surface area contributed by atoms with Crippen LogP contribution >= 0.6 is 23.2 Å². The number of halogens is 4. The molecule has 0 bridgehead atoms. The van der Waals surface area contributed by atoms with Crippen molar-refractivity contribution in [2.75, 3.05) is 17.1 Å². The summed E-state index contributed by atoms with van der Waals surface area (Å²) in [4.78, 5) is 28.9. The molecular weight excluding hydrogens is 595 g/mol. The van der Waals surface area contributed by atoms with Crippen LogP contribution < -0.4 is 9.62 Å². The van der Waals surface area contributed by atoms with Gasteiger partial charge in [0.2, 0.25) is 21.8 Å². The Bertz CT molecular complexity index is 1520. The average molecular weight is 627 g/mol. The first-order chi connectivity index (χ1) is 19.0. The highest BCUT2D eigenvalue weighted by Crippen LogP contribution is 2.26. The Balaban J connectivity index is 2.11. The van der Waals surface area contributed by atoms with Gasteiger partial charge in [-0.2, -0.15) is 0 Å². The van der Waals surface area contributed by atoms with Crippen LogP contribution in [-0.4, -0.2) is 49.5 Å². The number of carbonyl (C=O) groups is 2. The third-order valence-electron chi connectivity index (χ3n) is 6.00. The van der Waals surface area contributed by atoms with E-state index in [-0.39, 0.29) is 23.7 Å². The van der Waals surface area contributed by atoms with Crippen molar-refractivity contribution >= 4 is 50.7 Å². The van der Waals surface area contributed by atoms with E-state index in [0.717, 1.165) is 24.0 Å². The van der Waals surface area contributed by atoms with Gasteiger partial charge in [0.25, 0.3) is 0 Å². The summed E-state index contributed by atoms with van der Waals surface area (Å²) >= 11 is 12.5. The number of sulfonamides is 1. The van der Waals surface area contributed by atoms with E-state index >= 15 is 0 Å². The van der Waals surface area contributed by atoms with Crippen LogP contribution in [0.3, 0.4) is 0 Å². The first-order valence-corrected chi connectivity index (χ1v) is 15.2. The van der Waals surface area contributed by atoms with Gasteiger partial charge in [-0.1, -0.05) is 59.6 Å². The summed E-state index contributed by atoms with van der Waals surface area (Å²) in [7, 11) is -4.14. The molecule has 0 heterocycles. The molecular formula is C29H31Cl2F2N3O4S. The quantitative estimate of drug-likeness (QED) is 0.318. The number of benzene rings is 3. The third-order valence-corrected chi connectivity index (χ3v) is 7.72. The Kier molecular flexibility index (Phi) is 10.4. The first kappa shape index (κ1) is 32.3. The maximum absolute atomic E-state index is 14.1. The molecule has 41 heavy (non-hydrogen) atoms. The molecule has 0 aromatic heterocycles. The van der Waals surface area contributed by atoms with Crippen molar-refractivity contribution in [3.8, 4) is 0 Å². The molecule has 0 unspecified atom stereocenters. The second-order valence-electron chi connectivity index (χ2n) is 10.6. The van der Waals surface area contributed by atoms with Gasteiger partial charge in [-0.15, -0.1) is 0 Å². The second-order valence-corrected chi connectivity index (χ2v) is 13.3. The lowest BCUT2D eigenvalue weighted by Gasteiger charge is -2.35. The van der Waals surface area contributed by atoms with Gasteiger partial charge in [-0.25, -0.2) is 17.2 Å². The van der Waals surface area contributed by atoms with E-state index in [0.29, 0.717) is 21.0 Å². The van der Waals surface area contributed by atoms with Gasteiger partial charge in [-0.3, -0.25) is 13.9 Å². The molecule has 0 aliphatic rings. The Morgan fingerprint density at radius 1 is 0.951 bits per heavy atom. The average Bonchev–Trinajstić information content (AvgIpc) is 2.86. The van der Waals surface area contributed by atoms with Crippen LogP contribution in [0, 0.1) is 11.6 Å². The van der Waals surface area contributed by atoms with E-state index < -0.39 is 51.6 Å². The van der Waals surface area contributed by atoms with Crippen LogP contribution in [0.15, 0.2) is 66.7 Å². The van der Waals surface area contributed by atoms with Crippen molar-refractivity contribution in [3.63, 3.8) is 0 Å². The zero-order valence-corrected chi connectivity index (χ0v) is 25.3. The Morgan fingerprint density at radius 3 is 2.17 bits per heavy atom. The lowest BCUT2D eigenvalue weighted by molar-refractivity contribution is -0.140. The van der Waals surface area contributed by atoms with E-state index in [1.807, 2.05) is 6.07 Å². The molecule has 0 spiro atoms. The highest BCUT2D eigenvalue weighted by molar-refractivity contribution is 7.92. The van der Waals surface area contributed by atoms with E-state index in [1.165, 1.54) is 11.0 Å². The van der Waals surface area contributed by atoms with Gasteiger partial charge in [0.1, 0.15) is 12.6 Å². The van der Waals surface area contributed by atoms with Crippen molar-refractivity contribution in [1.82, 2.24) is 10.2 Å². The minimum Gasteiger partial charge on any atom is -0.350 e. The minimum atomic E-state index is -4.14. The summed E-state index contributed by atoms with van der Waals surface area (Å²) in [6.45, 7) is 4.42. The molecule has 0 aliphatic heterocycles. The zero-order chi connectivity index (χ0) is 30.5. The fourth-order valence-electron chi connectivity index (χ4n) is 4.09. The maximum Gasteiger partial charge on any atom is 0.244 e. The summed E-state index contributed by atoms with van der Waals surface area (Å²) in [5, 5.41) is 3.51. The fraction of sp³-hybridized carbons (Fsp3) is 0.310. The van der Waals surface area contributed by atoms with Gasteiger partial charge in [-0.05, 0) is 56.2 Å². The van der Waals surface area contributed by atoms with Crippen LogP contribution in [-0.2, 0) is 32.6 Å². The van der Waals surface area contributed by atoms with Crippen molar-refractivity contribution in [1.29, 1.82) is 0 Å². The predicted molar refractivity (Wildman–Crippen MR) is 157 cm³/mol. The smallest absolute Gasteiger partial charge is 0.244 e. The van der Waals surface area contributed by atoms with Gasteiger partial charge < -0.3 is 10.2 Å². The molecule has 1 atom stereocenters. The number of amides is 2. The normalized spacial score (nSPS) is 12.5. The predicted octanol–water partition coefficient (Wildman–Crippen LogP) is 5.59. The van der Waals surface area contributed by atoms with Crippen LogP contribution in [0.2, 0.25) is 10.0 Å². The molecule has 0 saturated carbocycles. The highest BCUT2D eigenvalue weighted by atomic mass is 35.5. The molecule has 3 rings (SSSR count). The Labute approximate surface area is 249 Å². The number of nitrogens with one attached hydrogen (secondary N) is 1. The summed E-state index contributed by atoms with van der Waals surface area (Å²) in [6, 6.07) is 15.1. The highest BCUT2D eigenvalue weighted by Gasteiger charge is 2.34. The Morgan fingerprint density at radius 2 is 1.61 bits per heavy atom. The second kappa shape index (κ2) is 13.2. The van der Waals surface area contributed by atoms with E-state index in [2.05, 4.69) is 5.32 Å². The standard InChI is InChI=1S/C29H31Cl2F2N3O4S/c1-29(2,3)34-28(38)26(14-19-8-6-5-7-9-19)35(17-20-10-11-21(30)15-23(20)31)27(37)18-36(41(4,39)40)22-12-13-24(32)25(33)16-22/h5-13,15-16,26H,14,17-18H2,1-4H3,(H,34,38)/t26-/m0/s1. The van der Waals surface area contributed by atoms with Crippen molar-refractivity contribution in [2.24, 2.45) is 0 Å². The molecule has 3 aromatic rings.